The molecule has 0 fully saturated rings. The van der Waals surface area contributed by atoms with Crippen molar-refractivity contribution in [1.29, 1.82) is 0 Å². The predicted octanol–water partition coefficient (Wildman–Crippen LogP) is 3.93. The summed E-state index contributed by atoms with van der Waals surface area (Å²) in [6, 6.07) is 10.4. The second kappa shape index (κ2) is 8.87. The van der Waals surface area contributed by atoms with Gasteiger partial charge in [-0.2, -0.15) is 4.98 Å². The van der Waals surface area contributed by atoms with Crippen LogP contribution in [0.25, 0.3) is 0 Å². The summed E-state index contributed by atoms with van der Waals surface area (Å²) in [7, 11) is 0. The first-order valence-corrected chi connectivity index (χ1v) is 10.6. The first kappa shape index (κ1) is 19.2. The molecule has 0 amide bonds. The zero-order valence-electron chi connectivity index (χ0n) is 16.1. The lowest BCUT2D eigenvalue weighted by atomic mass is 10.2. The van der Waals surface area contributed by atoms with Crippen molar-refractivity contribution >= 4 is 11.8 Å². The summed E-state index contributed by atoms with van der Waals surface area (Å²) in [4.78, 5) is 19.6. The summed E-state index contributed by atoms with van der Waals surface area (Å²) >= 11 is 1.72. The SMILES string of the molecule is CCN(CC)CCn1c2c(c(SC(C)c3ccccc3)nc1=O)CCC2. The first-order chi connectivity index (χ1) is 12.6. The van der Waals surface area contributed by atoms with Crippen molar-refractivity contribution in [3.8, 4) is 0 Å². The summed E-state index contributed by atoms with van der Waals surface area (Å²) in [5, 5.41) is 1.23. The van der Waals surface area contributed by atoms with Crippen molar-refractivity contribution < 1.29 is 0 Å². The van der Waals surface area contributed by atoms with Gasteiger partial charge < -0.3 is 4.90 Å². The smallest absolute Gasteiger partial charge is 0.302 e. The molecule has 0 spiro atoms. The first-order valence-electron chi connectivity index (χ1n) is 9.70. The summed E-state index contributed by atoms with van der Waals surface area (Å²) in [6.07, 6.45) is 3.16. The number of aromatic nitrogens is 2. The van der Waals surface area contributed by atoms with Gasteiger partial charge in [-0.3, -0.25) is 4.57 Å². The number of thioether (sulfide) groups is 1. The topological polar surface area (TPSA) is 38.1 Å². The van der Waals surface area contributed by atoms with Gasteiger partial charge in [-0.15, -0.1) is 0 Å². The maximum atomic E-state index is 12.7. The van der Waals surface area contributed by atoms with Crippen LogP contribution >= 0.6 is 11.8 Å². The average molecular weight is 372 g/mol. The molecule has 1 aromatic carbocycles. The van der Waals surface area contributed by atoms with Crippen molar-refractivity contribution in [2.75, 3.05) is 19.6 Å². The lowest BCUT2D eigenvalue weighted by Crippen LogP contribution is -2.34. The fraction of sp³-hybridized carbons (Fsp3) is 0.524. The Bertz CT molecular complexity index is 784. The zero-order chi connectivity index (χ0) is 18.5. The summed E-state index contributed by atoms with van der Waals surface area (Å²) in [5.41, 5.74) is 3.72. The van der Waals surface area contributed by atoms with E-state index in [0.717, 1.165) is 50.5 Å². The van der Waals surface area contributed by atoms with E-state index >= 15 is 0 Å². The van der Waals surface area contributed by atoms with Gasteiger partial charge in [0, 0.05) is 29.6 Å². The van der Waals surface area contributed by atoms with Gasteiger partial charge in [0.2, 0.25) is 0 Å². The Balaban J connectivity index is 1.84. The van der Waals surface area contributed by atoms with Crippen molar-refractivity contribution in [3.63, 3.8) is 0 Å². The molecule has 0 radical (unpaired) electrons. The number of nitrogens with zero attached hydrogens (tertiary/aromatic N) is 3. The number of benzene rings is 1. The lowest BCUT2D eigenvalue weighted by Gasteiger charge is -2.21. The molecular weight excluding hydrogens is 342 g/mol. The Morgan fingerprint density at radius 2 is 1.92 bits per heavy atom. The molecule has 4 nitrogen and oxygen atoms in total. The van der Waals surface area contributed by atoms with Crippen LogP contribution < -0.4 is 5.69 Å². The second-order valence-corrected chi connectivity index (χ2v) is 8.16. The fourth-order valence-corrected chi connectivity index (χ4v) is 4.78. The maximum Gasteiger partial charge on any atom is 0.348 e. The molecule has 1 aliphatic carbocycles. The van der Waals surface area contributed by atoms with Crippen molar-refractivity contribution in [1.82, 2.24) is 14.5 Å². The van der Waals surface area contributed by atoms with Gasteiger partial charge in [-0.25, -0.2) is 4.79 Å². The van der Waals surface area contributed by atoms with Gasteiger partial charge in [0.1, 0.15) is 5.03 Å². The van der Waals surface area contributed by atoms with Crippen LogP contribution in [0.1, 0.15) is 49.3 Å². The van der Waals surface area contributed by atoms with Crippen molar-refractivity contribution in [2.24, 2.45) is 0 Å². The van der Waals surface area contributed by atoms with Crippen LogP contribution in [0.5, 0.6) is 0 Å². The highest BCUT2D eigenvalue weighted by Crippen LogP contribution is 2.37. The van der Waals surface area contributed by atoms with Gasteiger partial charge in [-0.1, -0.05) is 55.9 Å². The largest absolute Gasteiger partial charge is 0.348 e. The van der Waals surface area contributed by atoms with E-state index < -0.39 is 0 Å². The fourth-order valence-electron chi connectivity index (χ4n) is 3.66. The van der Waals surface area contributed by atoms with Crippen LogP contribution in [0.3, 0.4) is 0 Å². The molecule has 0 bridgehead atoms. The van der Waals surface area contributed by atoms with Crippen LogP contribution in [0.4, 0.5) is 0 Å². The summed E-state index contributed by atoms with van der Waals surface area (Å²) < 4.78 is 1.93. The molecule has 0 N–H and O–H groups in total. The number of hydrogen-bond donors (Lipinski definition) is 0. The number of hydrogen-bond acceptors (Lipinski definition) is 4. The van der Waals surface area contributed by atoms with E-state index in [4.69, 9.17) is 0 Å². The van der Waals surface area contributed by atoms with E-state index in [9.17, 15) is 4.79 Å². The molecule has 1 heterocycles. The number of likely N-dealkylation sites (N-methyl/N-ethyl adjacent to an activating group) is 1. The minimum Gasteiger partial charge on any atom is -0.302 e. The third-order valence-corrected chi connectivity index (χ3v) is 6.48. The molecule has 1 aliphatic rings. The van der Waals surface area contributed by atoms with Crippen LogP contribution in [-0.4, -0.2) is 34.1 Å². The Morgan fingerprint density at radius 1 is 1.19 bits per heavy atom. The number of fused-ring (bicyclic) bond motifs is 1. The van der Waals surface area contributed by atoms with Crippen molar-refractivity contribution in [3.05, 3.63) is 57.6 Å². The summed E-state index contributed by atoms with van der Waals surface area (Å²) in [5.74, 6) is 0. The Morgan fingerprint density at radius 3 is 2.62 bits per heavy atom. The molecule has 1 aromatic heterocycles. The monoisotopic (exact) mass is 371 g/mol. The molecule has 0 saturated heterocycles. The van der Waals surface area contributed by atoms with E-state index in [1.165, 1.54) is 16.8 Å². The molecular formula is C21H29N3OS. The van der Waals surface area contributed by atoms with Gasteiger partial charge in [0.15, 0.2) is 0 Å². The molecule has 26 heavy (non-hydrogen) atoms. The highest BCUT2D eigenvalue weighted by Gasteiger charge is 2.23. The highest BCUT2D eigenvalue weighted by molar-refractivity contribution is 7.99. The van der Waals surface area contributed by atoms with E-state index in [2.05, 4.69) is 54.9 Å². The van der Waals surface area contributed by atoms with Gasteiger partial charge in [0.05, 0.1) is 0 Å². The third-order valence-electron chi connectivity index (χ3n) is 5.29. The molecule has 1 atom stereocenters. The normalized spacial score (nSPS) is 14.6. The minimum atomic E-state index is -0.0828. The van der Waals surface area contributed by atoms with Crippen LogP contribution in [0.2, 0.25) is 0 Å². The Labute approximate surface area is 160 Å². The highest BCUT2D eigenvalue weighted by atomic mass is 32.2. The zero-order valence-corrected chi connectivity index (χ0v) is 16.9. The molecule has 2 aromatic rings. The van der Waals surface area contributed by atoms with Crippen LogP contribution in [0, 0.1) is 0 Å². The van der Waals surface area contributed by atoms with E-state index in [0.29, 0.717) is 5.25 Å². The average Bonchev–Trinajstić information content (AvgIpc) is 3.15. The maximum absolute atomic E-state index is 12.7. The Kier molecular flexibility index (Phi) is 6.54. The van der Waals surface area contributed by atoms with Crippen LogP contribution in [-0.2, 0) is 19.4 Å². The van der Waals surface area contributed by atoms with E-state index in [-0.39, 0.29) is 5.69 Å². The van der Waals surface area contributed by atoms with E-state index in [1.54, 1.807) is 11.8 Å². The van der Waals surface area contributed by atoms with Gasteiger partial charge >= 0.3 is 5.69 Å². The molecule has 3 rings (SSSR count). The Hall–Kier alpha value is -1.59. The minimum absolute atomic E-state index is 0.0828. The molecule has 0 saturated carbocycles. The third kappa shape index (κ3) is 4.21. The standard InChI is InChI=1S/C21H29N3OS/c1-4-23(5-2)14-15-24-19-13-9-12-18(19)20(22-21(24)25)26-16(3)17-10-7-6-8-11-17/h6-8,10-11,16H,4-5,9,12-15H2,1-3H3. The lowest BCUT2D eigenvalue weighted by molar-refractivity contribution is 0.286. The molecule has 0 aliphatic heterocycles. The predicted molar refractivity (Wildman–Crippen MR) is 109 cm³/mol. The molecule has 5 heteroatoms. The summed E-state index contributed by atoms with van der Waals surface area (Å²) in [6.45, 7) is 10.2. The molecule has 1 unspecified atom stereocenters. The number of rotatable bonds is 8. The quantitative estimate of drug-likeness (QED) is 0.521. The van der Waals surface area contributed by atoms with Gasteiger partial charge in [-0.05, 0) is 44.8 Å². The van der Waals surface area contributed by atoms with Gasteiger partial charge in [0.25, 0.3) is 0 Å². The van der Waals surface area contributed by atoms with Crippen molar-refractivity contribution in [2.45, 2.75) is 56.9 Å². The molecule has 140 valence electrons. The second-order valence-electron chi connectivity index (χ2n) is 6.83. The van der Waals surface area contributed by atoms with E-state index in [1.807, 2.05) is 10.6 Å². The van der Waals surface area contributed by atoms with Crippen LogP contribution in [0.15, 0.2) is 40.2 Å².